The molecule has 0 amide bonds. The summed E-state index contributed by atoms with van der Waals surface area (Å²) in [6, 6.07) is 5.17. The molecule has 3 heterocycles. The Hall–Kier alpha value is -2.25. The van der Waals surface area contributed by atoms with Gasteiger partial charge in [-0.15, -0.1) is 0 Å². The Morgan fingerprint density at radius 3 is 2.92 bits per heavy atom. The highest BCUT2D eigenvalue weighted by Crippen LogP contribution is 2.33. The van der Waals surface area contributed by atoms with Gasteiger partial charge in [0.25, 0.3) is 0 Å². The summed E-state index contributed by atoms with van der Waals surface area (Å²) >= 11 is 0. The Balaban J connectivity index is 1.89. The van der Waals surface area contributed by atoms with Crippen LogP contribution in [0.3, 0.4) is 0 Å². The fraction of sp³-hybridized carbons (Fsp3) is 0.471. The quantitative estimate of drug-likeness (QED) is 0.836. The van der Waals surface area contributed by atoms with E-state index in [0.717, 1.165) is 12.8 Å². The molecule has 128 valence electrons. The fourth-order valence-corrected chi connectivity index (χ4v) is 2.98. The zero-order chi connectivity index (χ0) is 17.0. The third-order valence-corrected chi connectivity index (χ3v) is 4.48. The second-order valence-corrected chi connectivity index (χ2v) is 6.05. The molecule has 7 heteroatoms. The molecule has 0 unspecified atom stereocenters. The largest absolute Gasteiger partial charge is 0.464 e. The predicted octanol–water partition coefficient (Wildman–Crippen LogP) is 1.52. The number of esters is 1. The molecule has 2 aromatic rings. The number of aliphatic hydroxyl groups is 1. The molecular formula is C17H21N3O4. The van der Waals surface area contributed by atoms with Crippen molar-refractivity contribution >= 4 is 5.97 Å². The lowest BCUT2D eigenvalue weighted by atomic mass is 9.81. The van der Waals surface area contributed by atoms with E-state index in [9.17, 15) is 9.90 Å². The van der Waals surface area contributed by atoms with Crippen molar-refractivity contribution in [1.29, 1.82) is 0 Å². The molecular weight excluding hydrogens is 310 g/mol. The number of hydrogen-bond donors (Lipinski definition) is 1. The van der Waals surface area contributed by atoms with Gasteiger partial charge < -0.3 is 19.1 Å². The summed E-state index contributed by atoms with van der Waals surface area (Å²) in [6.07, 6.45) is 5.18. The summed E-state index contributed by atoms with van der Waals surface area (Å²) in [4.78, 5) is 20.4. The highest BCUT2D eigenvalue weighted by Gasteiger charge is 2.33. The van der Waals surface area contributed by atoms with Crippen LogP contribution in [-0.2, 0) is 16.0 Å². The monoisotopic (exact) mass is 331 g/mol. The maximum atomic E-state index is 11.7. The van der Waals surface area contributed by atoms with E-state index >= 15 is 0 Å². The van der Waals surface area contributed by atoms with E-state index in [-0.39, 0.29) is 17.7 Å². The van der Waals surface area contributed by atoms with Crippen LogP contribution >= 0.6 is 0 Å². The van der Waals surface area contributed by atoms with Gasteiger partial charge in [-0.3, -0.25) is 0 Å². The number of carbonyl (C=O) groups excluding carboxylic acids is 1. The second kappa shape index (κ2) is 7.11. The lowest BCUT2D eigenvalue weighted by molar-refractivity contribution is -0.0250. The molecule has 1 fully saturated rings. The molecule has 3 rings (SSSR count). The third kappa shape index (κ3) is 3.32. The number of nitrogens with zero attached hydrogens (tertiary/aromatic N) is 3. The Bertz CT molecular complexity index is 707. The molecule has 24 heavy (non-hydrogen) atoms. The molecule has 1 aliphatic heterocycles. The van der Waals surface area contributed by atoms with Gasteiger partial charge in [0, 0.05) is 37.6 Å². The lowest BCUT2D eigenvalue weighted by Crippen LogP contribution is -2.37. The number of methoxy groups -OCH3 is 1. The smallest absolute Gasteiger partial charge is 0.356 e. The van der Waals surface area contributed by atoms with Crippen molar-refractivity contribution in [3.8, 4) is 11.5 Å². The van der Waals surface area contributed by atoms with Crippen LogP contribution in [0.2, 0.25) is 0 Å². The maximum Gasteiger partial charge on any atom is 0.356 e. The van der Waals surface area contributed by atoms with Crippen LogP contribution in [0.15, 0.2) is 30.6 Å². The third-order valence-electron chi connectivity index (χ3n) is 4.48. The van der Waals surface area contributed by atoms with Gasteiger partial charge in [0.1, 0.15) is 11.4 Å². The Kier molecular flexibility index (Phi) is 4.92. The van der Waals surface area contributed by atoms with Crippen LogP contribution in [0.25, 0.3) is 11.5 Å². The first-order valence-electron chi connectivity index (χ1n) is 7.93. The number of carbonyl (C=O) groups is 1. The molecule has 0 saturated carbocycles. The van der Waals surface area contributed by atoms with E-state index < -0.39 is 5.97 Å². The molecule has 0 aliphatic carbocycles. The van der Waals surface area contributed by atoms with Gasteiger partial charge in [0.05, 0.1) is 13.7 Å². The van der Waals surface area contributed by atoms with Gasteiger partial charge in [0.2, 0.25) is 0 Å². The van der Waals surface area contributed by atoms with E-state index in [1.807, 2.05) is 10.8 Å². The number of hydrogen-bond acceptors (Lipinski definition) is 6. The molecule has 0 aromatic carbocycles. The van der Waals surface area contributed by atoms with Crippen molar-refractivity contribution in [2.24, 2.45) is 5.41 Å². The first-order valence-corrected chi connectivity index (χ1v) is 7.93. The number of ether oxygens (including phenoxy) is 2. The average molecular weight is 331 g/mol. The summed E-state index contributed by atoms with van der Waals surface area (Å²) < 4.78 is 12.1. The van der Waals surface area contributed by atoms with Crippen molar-refractivity contribution in [1.82, 2.24) is 14.5 Å². The van der Waals surface area contributed by atoms with Gasteiger partial charge >= 0.3 is 5.97 Å². The molecule has 0 atom stereocenters. The number of imidazole rings is 1. The minimum atomic E-state index is -0.480. The first-order chi connectivity index (χ1) is 11.7. The van der Waals surface area contributed by atoms with Crippen molar-refractivity contribution in [3.05, 3.63) is 36.3 Å². The van der Waals surface area contributed by atoms with Crippen LogP contribution in [0.5, 0.6) is 0 Å². The minimum absolute atomic E-state index is 0.101. The lowest BCUT2D eigenvalue weighted by Gasteiger charge is -2.36. The SMILES string of the molecule is COC(=O)c1cccc(-c2nccn2CC2(CO)CCOCC2)n1. The van der Waals surface area contributed by atoms with Crippen molar-refractivity contribution in [2.45, 2.75) is 19.4 Å². The van der Waals surface area contributed by atoms with Crippen molar-refractivity contribution in [2.75, 3.05) is 26.9 Å². The van der Waals surface area contributed by atoms with E-state index in [2.05, 4.69) is 9.97 Å². The Morgan fingerprint density at radius 2 is 2.21 bits per heavy atom. The molecule has 1 N–H and O–H groups in total. The zero-order valence-corrected chi connectivity index (χ0v) is 13.6. The number of aromatic nitrogens is 3. The van der Waals surface area contributed by atoms with Gasteiger partial charge in [-0.05, 0) is 25.0 Å². The van der Waals surface area contributed by atoms with E-state index in [1.54, 1.807) is 24.4 Å². The normalized spacial score (nSPS) is 16.8. The summed E-state index contributed by atoms with van der Waals surface area (Å²) in [5.74, 6) is 0.186. The van der Waals surface area contributed by atoms with Crippen LogP contribution < -0.4 is 0 Å². The van der Waals surface area contributed by atoms with E-state index in [4.69, 9.17) is 9.47 Å². The number of aliphatic hydroxyl groups excluding tert-OH is 1. The molecule has 1 saturated heterocycles. The summed E-state index contributed by atoms with van der Waals surface area (Å²) in [5, 5.41) is 9.88. The molecule has 0 spiro atoms. The van der Waals surface area contributed by atoms with Gasteiger partial charge in [-0.25, -0.2) is 14.8 Å². The highest BCUT2D eigenvalue weighted by molar-refractivity contribution is 5.87. The zero-order valence-electron chi connectivity index (χ0n) is 13.6. The summed E-state index contributed by atoms with van der Waals surface area (Å²) in [5.41, 5.74) is 0.628. The molecule has 7 nitrogen and oxygen atoms in total. The van der Waals surface area contributed by atoms with Crippen LogP contribution in [0.4, 0.5) is 0 Å². The van der Waals surface area contributed by atoms with Gasteiger partial charge in [-0.2, -0.15) is 0 Å². The Morgan fingerprint density at radius 1 is 1.42 bits per heavy atom. The molecule has 1 aliphatic rings. The molecule has 2 aromatic heterocycles. The number of pyridine rings is 1. The number of rotatable bonds is 5. The minimum Gasteiger partial charge on any atom is -0.464 e. The highest BCUT2D eigenvalue weighted by atomic mass is 16.5. The topological polar surface area (TPSA) is 86.5 Å². The second-order valence-electron chi connectivity index (χ2n) is 6.05. The average Bonchev–Trinajstić information content (AvgIpc) is 3.09. The summed E-state index contributed by atoms with van der Waals surface area (Å²) in [7, 11) is 1.33. The molecule has 0 radical (unpaired) electrons. The predicted molar refractivity (Wildman–Crippen MR) is 86.4 cm³/mol. The van der Waals surface area contributed by atoms with Crippen LogP contribution in [-0.4, -0.2) is 52.5 Å². The molecule has 0 bridgehead atoms. The summed E-state index contributed by atoms with van der Waals surface area (Å²) in [6.45, 7) is 2.04. The Labute approximate surface area is 140 Å². The van der Waals surface area contributed by atoms with Crippen molar-refractivity contribution in [3.63, 3.8) is 0 Å². The first kappa shape index (κ1) is 16.6. The van der Waals surface area contributed by atoms with Gasteiger partial charge in [-0.1, -0.05) is 6.07 Å². The standard InChI is InChI=1S/C17H21N3O4/c1-23-16(22)14-4-2-3-13(19-14)15-18-7-8-20(15)11-17(12-21)5-9-24-10-6-17/h2-4,7-8,21H,5-6,9-12H2,1H3. The maximum absolute atomic E-state index is 11.7. The van der Waals surface area contributed by atoms with E-state index in [0.29, 0.717) is 31.3 Å². The van der Waals surface area contributed by atoms with Crippen molar-refractivity contribution < 1.29 is 19.4 Å². The van der Waals surface area contributed by atoms with E-state index in [1.165, 1.54) is 7.11 Å². The van der Waals surface area contributed by atoms with Gasteiger partial charge in [0.15, 0.2) is 5.82 Å². The van der Waals surface area contributed by atoms with Crippen LogP contribution in [0, 0.1) is 5.41 Å². The van der Waals surface area contributed by atoms with Crippen LogP contribution in [0.1, 0.15) is 23.3 Å². The fourth-order valence-electron chi connectivity index (χ4n) is 2.98.